The summed E-state index contributed by atoms with van der Waals surface area (Å²) in [5, 5.41) is 20.8. The van der Waals surface area contributed by atoms with Crippen molar-refractivity contribution < 1.29 is 27.4 Å². The van der Waals surface area contributed by atoms with Gasteiger partial charge in [0, 0.05) is 25.3 Å². The molecule has 13 heteroatoms. The van der Waals surface area contributed by atoms with Gasteiger partial charge in [-0.2, -0.15) is 23.0 Å². The fourth-order valence-corrected chi connectivity index (χ4v) is 3.85. The quantitative estimate of drug-likeness (QED) is 0.367. The van der Waals surface area contributed by atoms with Gasteiger partial charge in [-0.1, -0.05) is 18.2 Å². The fourth-order valence-electron chi connectivity index (χ4n) is 3.85. The summed E-state index contributed by atoms with van der Waals surface area (Å²) >= 11 is 0. The Hall–Kier alpha value is -3.87. The van der Waals surface area contributed by atoms with Crippen LogP contribution in [0.2, 0.25) is 0 Å². The minimum Gasteiger partial charge on any atom is -0.480 e. The number of anilines is 2. The number of alkyl halides is 3. The molecule has 0 bridgehead atoms. The molecule has 0 unspecified atom stereocenters. The van der Waals surface area contributed by atoms with Gasteiger partial charge in [-0.25, -0.2) is 9.18 Å². The van der Waals surface area contributed by atoms with Crippen LogP contribution < -0.4 is 15.7 Å². The van der Waals surface area contributed by atoms with Crippen LogP contribution in [0, 0.1) is 12.7 Å². The zero-order valence-electron chi connectivity index (χ0n) is 19.9. The van der Waals surface area contributed by atoms with Gasteiger partial charge < -0.3 is 15.2 Å². The van der Waals surface area contributed by atoms with Crippen LogP contribution in [0.4, 0.5) is 29.1 Å². The van der Waals surface area contributed by atoms with Crippen molar-refractivity contribution in [2.45, 2.75) is 46.2 Å². The average Bonchev–Trinajstić information content (AvgIpc) is 3.32. The Bertz CT molecular complexity index is 1490. The number of benzene rings is 2. The van der Waals surface area contributed by atoms with Crippen LogP contribution in [0.15, 0.2) is 35.1 Å². The maximum atomic E-state index is 15.9. The largest absolute Gasteiger partial charge is 0.480 e. The fraction of sp³-hybridized carbons (Fsp3) is 0.348. The van der Waals surface area contributed by atoms with Gasteiger partial charge in [-0.15, -0.1) is 5.10 Å². The predicted molar refractivity (Wildman–Crippen MR) is 124 cm³/mol. The second-order valence-electron chi connectivity index (χ2n) is 8.16. The molecule has 36 heavy (non-hydrogen) atoms. The summed E-state index contributed by atoms with van der Waals surface area (Å²) < 4.78 is 64.4. The molecule has 0 fully saturated rings. The highest BCUT2D eigenvalue weighted by Crippen LogP contribution is 2.40. The van der Waals surface area contributed by atoms with Gasteiger partial charge in [0.2, 0.25) is 0 Å². The molecule has 9 nitrogen and oxygen atoms in total. The van der Waals surface area contributed by atoms with E-state index in [9.17, 15) is 23.1 Å². The van der Waals surface area contributed by atoms with Crippen LogP contribution in [0.25, 0.3) is 16.6 Å². The van der Waals surface area contributed by atoms with E-state index in [0.717, 1.165) is 27.8 Å². The van der Waals surface area contributed by atoms with Crippen LogP contribution in [0.5, 0.6) is 5.75 Å². The molecule has 0 radical (unpaired) electrons. The highest BCUT2D eigenvalue weighted by molar-refractivity contribution is 5.99. The summed E-state index contributed by atoms with van der Waals surface area (Å²) in [5.74, 6) is -1.25. The molecule has 4 rings (SSSR count). The summed E-state index contributed by atoms with van der Waals surface area (Å²) in [6.45, 7) is 3.83. The summed E-state index contributed by atoms with van der Waals surface area (Å²) in [7, 11) is 1.42. The number of hydrogen-bond donors (Lipinski definition) is 2. The molecule has 1 atom stereocenters. The molecule has 4 aromatic rings. The summed E-state index contributed by atoms with van der Waals surface area (Å²) in [6.07, 6.45) is -6.96. The van der Waals surface area contributed by atoms with Crippen molar-refractivity contribution in [3.63, 3.8) is 0 Å². The van der Waals surface area contributed by atoms with E-state index >= 15 is 4.39 Å². The van der Waals surface area contributed by atoms with E-state index in [-0.39, 0.29) is 34.8 Å². The van der Waals surface area contributed by atoms with Crippen molar-refractivity contribution in [2.24, 2.45) is 7.05 Å². The maximum absolute atomic E-state index is 15.9. The van der Waals surface area contributed by atoms with Crippen molar-refractivity contribution in [1.29, 1.82) is 0 Å². The van der Waals surface area contributed by atoms with Crippen LogP contribution in [-0.2, 0) is 20.2 Å². The van der Waals surface area contributed by atoms with Crippen molar-refractivity contribution in [1.82, 2.24) is 24.1 Å². The lowest BCUT2D eigenvalue weighted by molar-refractivity contribution is -0.188. The lowest BCUT2D eigenvalue weighted by Crippen LogP contribution is -2.31. The summed E-state index contributed by atoms with van der Waals surface area (Å²) in [4.78, 5) is 12.9. The van der Waals surface area contributed by atoms with Crippen LogP contribution in [0.1, 0.15) is 25.2 Å². The smallest absolute Gasteiger partial charge is 0.425 e. The second kappa shape index (κ2) is 9.30. The van der Waals surface area contributed by atoms with E-state index < -0.39 is 36.1 Å². The number of aromatic nitrogens is 5. The standard InChI is InChI=1S/C23H24F4N6O3/c1-5-32-17(11-34)29-33(22(32)35)15-10-16(36-13(3)23(25,26)27)18-20(19(15)24)31(4)30-21(18)28-14-9-7-6-8-12(14)2/h6-10,13,34H,5,11H2,1-4H3,(H,28,30)/t13-/m0/s1. The van der Waals surface area contributed by atoms with E-state index in [1.165, 1.54) is 7.05 Å². The number of aliphatic hydroxyl groups is 1. The molecular weight excluding hydrogens is 484 g/mol. The van der Waals surface area contributed by atoms with E-state index in [4.69, 9.17) is 4.74 Å². The first-order chi connectivity index (χ1) is 17.0. The normalized spacial score (nSPS) is 12.8. The molecule has 2 aromatic carbocycles. The molecule has 0 amide bonds. The number of hydrogen-bond acceptors (Lipinski definition) is 6. The van der Waals surface area contributed by atoms with Gasteiger partial charge in [0.1, 0.15) is 23.6 Å². The van der Waals surface area contributed by atoms with Crippen molar-refractivity contribution in [3.8, 4) is 11.4 Å². The minimum atomic E-state index is -4.71. The van der Waals surface area contributed by atoms with Crippen LogP contribution in [0.3, 0.4) is 0 Å². The third-order valence-corrected chi connectivity index (χ3v) is 5.78. The number of rotatable bonds is 7. The molecular formula is C23H24F4N6O3. The molecule has 0 aliphatic rings. The number of fused-ring (bicyclic) bond motifs is 1. The first kappa shape index (κ1) is 25.2. The van der Waals surface area contributed by atoms with Crippen molar-refractivity contribution in [3.05, 3.63) is 58.0 Å². The minimum absolute atomic E-state index is 0.0277. The third-order valence-electron chi connectivity index (χ3n) is 5.78. The number of ether oxygens (including phenoxy) is 1. The van der Waals surface area contributed by atoms with Gasteiger partial charge in [0.05, 0.1) is 5.39 Å². The predicted octanol–water partition coefficient (Wildman–Crippen LogP) is 3.95. The van der Waals surface area contributed by atoms with Gasteiger partial charge >= 0.3 is 11.9 Å². The van der Waals surface area contributed by atoms with E-state index in [2.05, 4.69) is 15.5 Å². The zero-order valence-corrected chi connectivity index (χ0v) is 19.9. The van der Waals surface area contributed by atoms with E-state index in [1.54, 1.807) is 19.1 Å². The third kappa shape index (κ3) is 4.30. The average molecular weight is 508 g/mol. The molecule has 2 aromatic heterocycles. The highest BCUT2D eigenvalue weighted by Gasteiger charge is 2.39. The molecule has 192 valence electrons. The van der Waals surface area contributed by atoms with Crippen molar-refractivity contribution >= 4 is 22.4 Å². The van der Waals surface area contributed by atoms with E-state index in [1.807, 2.05) is 19.1 Å². The monoisotopic (exact) mass is 508 g/mol. The Morgan fingerprint density at radius 2 is 1.92 bits per heavy atom. The van der Waals surface area contributed by atoms with Crippen LogP contribution in [-0.4, -0.2) is 41.5 Å². The first-order valence-corrected chi connectivity index (χ1v) is 11.0. The Labute approximate surface area is 202 Å². The van der Waals surface area contributed by atoms with Crippen LogP contribution >= 0.6 is 0 Å². The summed E-state index contributed by atoms with van der Waals surface area (Å²) in [5.41, 5.74) is 0.0331. The highest BCUT2D eigenvalue weighted by atomic mass is 19.4. The number of para-hydroxylation sites is 1. The number of aryl methyl sites for hydroxylation is 2. The number of aliphatic hydroxyl groups excluding tert-OH is 1. The Morgan fingerprint density at radius 1 is 1.22 bits per heavy atom. The molecule has 0 aliphatic heterocycles. The molecule has 0 aliphatic carbocycles. The second-order valence-corrected chi connectivity index (χ2v) is 8.16. The van der Waals surface area contributed by atoms with Gasteiger partial charge in [-0.05, 0) is 32.4 Å². The first-order valence-electron chi connectivity index (χ1n) is 11.0. The SMILES string of the molecule is CCn1c(CO)nn(-c2cc(O[C@@H](C)C(F)(F)F)c3c(Nc4ccccc4C)nn(C)c3c2F)c1=O. The Morgan fingerprint density at radius 3 is 2.50 bits per heavy atom. The topological polar surface area (TPSA) is 99.1 Å². The molecule has 2 heterocycles. The molecule has 0 spiro atoms. The molecule has 0 saturated carbocycles. The van der Waals surface area contributed by atoms with Gasteiger partial charge in [-0.3, -0.25) is 9.25 Å². The molecule has 2 N–H and O–H groups in total. The zero-order chi connectivity index (χ0) is 26.4. The van der Waals surface area contributed by atoms with Crippen molar-refractivity contribution in [2.75, 3.05) is 5.32 Å². The van der Waals surface area contributed by atoms with E-state index in [0.29, 0.717) is 10.4 Å². The maximum Gasteiger partial charge on any atom is 0.425 e. The van der Waals surface area contributed by atoms with Gasteiger partial charge in [0.15, 0.2) is 23.6 Å². The molecule has 0 saturated heterocycles. The number of nitrogens with zero attached hydrogens (tertiary/aromatic N) is 5. The van der Waals surface area contributed by atoms with Gasteiger partial charge in [0.25, 0.3) is 0 Å². The lowest BCUT2D eigenvalue weighted by atomic mass is 10.1. The summed E-state index contributed by atoms with van der Waals surface area (Å²) in [6, 6.07) is 8.13. The Balaban J connectivity index is 2.00. The number of nitrogens with one attached hydrogen (secondary N) is 1. The number of halogens is 4. The lowest BCUT2D eigenvalue weighted by Gasteiger charge is -2.19. The Kier molecular flexibility index (Phi) is 6.52.